The fourth-order valence-corrected chi connectivity index (χ4v) is 1.96. The minimum Gasteiger partial charge on any atom is -0.465 e. The summed E-state index contributed by atoms with van der Waals surface area (Å²) >= 11 is 0. The number of alkyl halides is 4. The van der Waals surface area contributed by atoms with Crippen LogP contribution in [0.4, 0.5) is 17.6 Å². The van der Waals surface area contributed by atoms with Gasteiger partial charge in [0.15, 0.2) is 0 Å². The second-order valence-electron chi connectivity index (χ2n) is 4.90. The summed E-state index contributed by atoms with van der Waals surface area (Å²) < 4.78 is 53.7. The van der Waals surface area contributed by atoms with Gasteiger partial charge in [-0.15, -0.1) is 12.4 Å². The molecule has 0 saturated carbocycles. The number of esters is 1. The van der Waals surface area contributed by atoms with Crippen LogP contribution in [-0.4, -0.2) is 62.0 Å². The molecule has 126 valence electrons. The molecule has 9 heteroatoms. The van der Waals surface area contributed by atoms with Crippen molar-refractivity contribution >= 4 is 18.4 Å². The molecule has 1 N–H and O–H groups in total. The lowest BCUT2D eigenvalue weighted by atomic mass is 10.3. The number of carbonyl (C=O) groups is 1. The highest BCUT2D eigenvalue weighted by Gasteiger charge is 2.38. The molecule has 2 aliphatic heterocycles. The molecule has 0 spiro atoms. The normalized spacial score (nSPS) is 22.9. The third-order valence-electron chi connectivity index (χ3n) is 2.96. The lowest BCUT2D eigenvalue weighted by Crippen LogP contribution is -2.31. The Morgan fingerprint density at radius 2 is 1.90 bits per heavy atom. The molecule has 4 nitrogen and oxygen atoms in total. The topological polar surface area (TPSA) is 41.6 Å². The Morgan fingerprint density at radius 1 is 1.24 bits per heavy atom. The average Bonchev–Trinajstić information content (AvgIpc) is 2.85. The number of hydrogen-bond donors (Lipinski definition) is 1. The van der Waals surface area contributed by atoms with Crippen molar-refractivity contribution in [1.82, 2.24) is 10.2 Å². The van der Waals surface area contributed by atoms with Gasteiger partial charge in [-0.3, -0.25) is 9.69 Å². The van der Waals surface area contributed by atoms with Crippen molar-refractivity contribution < 1.29 is 27.1 Å². The lowest BCUT2D eigenvalue weighted by Gasteiger charge is -2.13. The Kier molecular flexibility index (Phi) is 8.50. The number of hydrogen-bond acceptors (Lipinski definition) is 4. The fourth-order valence-electron chi connectivity index (χ4n) is 1.96. The quantitative estimate of drug-likeness (QED) is 0.631. The van der Waals surface area contributed by atoms with Gasteiger partial charge in [0.2, 0.25) is 0 Å². The number of nitrogens with zero attached hydrogens (tertiary/aromatic N) is 1. The predicted molar refractivity (Wildman–Crippen MR) is 72.3 cm³/mol. The SMILES string of the molecule is CCOC(=O)CN1CCC(F)(F)C1.Cl.FC1(F)CCNC1. The van der Waals surface area contributed by atoms with Gasteiger partial charge in [-0.1, -0.05) is 0 Å². The van der Waals surface area contributed by atoms with Crippen LogP contribution in [0.25, 0.3) is 0 Å². The summed E-state index contributed by atoms with van der Waals surface area (Å²) in [6.45, 7) is 2.24. The summed E-state index contributed by atoms with van der Waals surface area (Å²) in [6.07, 6.45) is -0.153. The van der Waals surface area contributed by atoms with Crippen LogP contribution in [0.3, 0.4) is 0 Å². The molecule has 0 amide bonds. The van der Waals surface area contributed by atoms with Crippen LogP contribution in [0, 0.1) is 0 Å². The Balaban J connectivity index is 0.000000425. The van der Waals surface area contributed by atoms with Gasteiger partial charge in [0.1, 0.15) is 0 Å². The van der Waals surface area contributed by atoms with Crippen molar-refractivity contribution in [3.8, 4) is 0 Å². The summed E-state index contributed by atoms with van der Waals surface area (Å²) in [5.41, 5.74) is 0. The monoisotopic (exact) mass is 336 g/mol. The lowest BCUT2D eigenvalue weighted by molar-refractivity contribution is -0.144. The van der Waals surface area contributed by atoms with Gasteiger partial charge in [0, 0.05) is 25.9 Å². The zero-order valence-corrected chi connectivity index (χ0v) is 12.7. The van der Waals surface area contributed by atoms with E-state index in [0.29, 0.717) is 13.2 Å². The van der Waals surface area contributed by atoms with Gasteiger partial charge in [-0.25, -0.2) is 17.6 Å². The van der Waals surface area contributed by atoms with E-state index in [4.69, 9.17) is 0 Å². The van der Waals surface area contributed by atoms with Crippen LogP contribution >= 0.6 is 12.4 Å². The van der Waals surface area contributed by atoms with E-state index in [-0.39, 0.29) is 51.4 Å². The van der Waals surface area contributed by atoms with E-state index in [1.165, 1.54) is 4.90 Å². The van der Waals surface area contributed by atoms with Gasteiger partial charge in [-0.2, -0.15) is 0 Å². The Hall–Kier alpha value is -0.600. The van der Waals surface area contributed by atoms with E-state index in [1.54, 1.807) is 6.92 Å². The highest BCUT2D eigenvalue weighted by Crippen LogP contribution is 2.26. The zero-order valence-electron chi connectivity index (χ0n) is 11.8. The van der Waals surface area contributed by atoms with E-state index in [1.807, 2.05) is 0 Å². The number of rotatable bonds is 3. The van der Waals surface area contributed by atoms with E-state index in [0.717, 1.165) is 0 Å². The van der Waals surface area contributed by atoms with E-state index in [2.05, 4.69) is 10.1 Å². The number of likely N-dealkylation sites (tertiary alicyclic amines) is 1. The van der Waals surface area contributed by atoms with E-state index in [9.17, 15) is 22.4 Å². The van der Waals surface area contributed by atoms with Gasteiger partial charge < -0.3 is 10.1 Å². The molecule has 0 radical (unpaired) electrons. The predicted octanol–water partition coefficient (Wildman–Crippen LogP) is 1.93. The molecule has 0 unspecified atom stereocenters. The summed E-state index contributed by atoms with van der Waals surface area (Å²) in [4.78, 5) is 12.3. The number of halogens is 5. The highest BCUT2D eigenvalue weighted by molar-refractivity contribution is 5.85. The van der Waals surface area contributed by atoms with Crippen LogP contribution in [0.15, 0.2) is 0 Å². The third kappa shape index (κ3) is 8.43. The van der Waals surface area contributed by atoms with Crippen molar-refractivity contribution in [2.45, 2.75) is 31.6 Å². The second-order valence-corrected chi connectivity index (χ2v) is 4.90. The molecule has 21 heavy (non-hydrogen) atoms. The molecule has 2 rings (SSSR count). The molecule has 0 atom stereocenters. The first kappa shape index (κ1) is 20.4. The minimum absolute atomic E-state index is 0. The Morgan fingerprint density at radius 3 is 2.24 bits per heavy atom. The highest BCUT2D eigenvalue weighted by atomic mass is 35.5. The van der Waals surface area contributed by atoms with E-state index >= 15 is 0 Å². The maximum Gasteiger partial charge on any atom is 0.320 e. The molecule has 2 saturated heterocycles. The maximum atomic E-state index is 12.6. The average molecular weight is 337 g/mol. The fraction of sp³-hybridized carbons (Fsp3) is 0.917. The summed E-state index contributed by atoms with van der Waals surface area (Å²) in [5.74, 6) is -5.48. The van der Waals surface area contributed by atoms with Crippen molar-refractivity contribution in [1.29, 1.82) is 0 Å². The molecule has 0 aliphatic carbocycles. The molecule has 0 aromatic heterocycles. The zero-order chi connectivity index (χ0) is 15.2. The van der Waals surface area contributed by atoms with Crippen LogP contribution in [0.1, 0.15) is 19.8 Å². The van der Waals surface area contributed by atoms with Crippen LogP contribution < -0.4 is 5.32 Å². The van der Waals surface area contributed by atoms with Crippen molar-refractivity contribution in [2.24, 2.45) is 0 Å². The molecular formula is C12H21ClF4N2O2. The van der Waals surface area contributed by atoms with Crippen LogP contribution in [-0.2, 0) is 9.53 Å². The van der Waals surface area contributed by atoms with Crippen molar-refractivity contribution in [3.63, 3.8) is 0 Å². The summed E-state index contributed by atoms with van der Waals surface area (Å²) in [6, 6.07) is 0. The Bertz CT molecular complexity index is 324. The second kappa shape index (κ2) is 8.75. The minimum atomic E-state index is -2.63. The van der Waals surface area contributed by atoms with Crippen molar-refractivity contribution in [2.75, 3.05) is 39.3 Å². The molecule has 2 heterocycles. The molecular weight excluding hydrogens is 316 g/mol. The number of ether oxygens (including phenoxy) is 1. The van der Waals surface area contributed by atoms with Crippen molar-refractivity contribution in [3.05, 3.63) is 0 Å². The first-order valence-electron chi connectivity index (χ1n) is 6.58. The smallest absolute Gasteiger partial charge is 0.320 e. The molecule has 2 aliphatic rings. The van der Waals surface area contributed by atoms with E-state index < -0.39 is 17.8 Å². The first-order valence-corrected chi connectivity index (χ1v) is 6.58. The standard InChI is InChI=1S/C8H13F2NO2.C4H7F2N.ClH/c1-2-13-7(12)5-11-4-3-8(9,10)6-11;5-4(6)1-2-7-3-4;/h2-6H2,1H3;7H,1-3H2;1H. The number of carbonyl (C=O) groups excluding carboxylic acids is 1. The van der Waals surface area contributed by atoms with Crippen LogP contribution in [0.2, 0.25) is 0 Å². The van der Waals surface area contributed by atoms with Gasteiger partial charge in [0.25, 0.3) is 11.8 Å². The van der Waals surface area contributed by atoms with Crippen LogP contribution in [0.5, 0.6) is 0 Å². The summed E-state index contributed by atoms with van der Waals surface area (Å²) in [5, 5.41) is 2.56. The van der Waals surface area contributed by atoms with Gasteiger partial charge >= 0.3 is 5.97 Å². The Labute approximate surface area is 127 Å². The molecule has 0 aromatic rings. The molecule has 2 fully saturated rings. The summed E-state index contributed by atoms with van der Waals surface area (Å²) in [7, 11) is 0. The largest absolute Gasteiger partial charge is 0.465 e. The molecule has 0 bridgehead atoms. The third-order valence-corrected chi connectivity index (χ3v) is 2.96. The maximum absolute atomic E-state index is 12.6. The van der Waals surface area contributed by atoms with Gasteiger partial charge in [-0.05, 0) is 6.92 Å². The number of nitrogens with one attached hydrogen (secondary N) is 1. The van der Waals surface area contributed by atoms with Gasteiger partial charge in [0.05, 0.1) is 26.2 Å². The molecule has 0 aromatic carbocycles. The first-order chi connectivity index (χ1) is 9.24.